The van der Waals surface area contributed by atoms with Crippen LogP contribution in [-0.4, -0.2) is 34.9 Å². The first kappa shape index (κ1) is 17.5. The lowest BCUT2D eigenvalue weighted by atomic mass is 10.1. The number of amides is 1. The summed E-state index contributed by atoms with van der Waals surface area (Å²) in [7, 11) is 0. The first-order chi connectivity index (χ1) is 12.9. The van der Waals surface area contributed by atoms with Crippen LogP contribution in [0.1, 0.15) is 15.2 Å². The van der Waals surface area contributed by atoms with Crippen LogP contribution in [0.5, 0.6) is 0 Å². The average molecular weight is 386 g/mol. The van der Waals surface area contributed by atoms with Crippen molar-refractivity contribution in [2.24, 2.45) is 0 Å². The molecule has 1 saturated heterocycles. The third-order valence-electron chi connectivity index (χ3n) is 4.24. The van der Waals surface area contributed by atoms with Gasteiger partial charge in [-0.05, 0) is 19.1 Å². The fourth-order valence-corrected chi connectivity index (χ4v) is 3.70. The topological polar surface area (TPSA) is 58.1 Å². The normalized spacial score (nSPS) is 15.3. The zero-order valence-electron chi connectivity index (χ0n) is 14.4. The van der Waals surface area contributed by atoms with Gasteiger partial charge in [0.15, 0.2) is 5.13 Å². The Labute approximate surface area is 158 Å². The Morgan fingerprint density at radius 3 is 2.56 bits per heavy atom. The fraction of sp³-hybridized carbons (Fsp3) is 0.211. The zero-order valence-corrected chi connectivity index (χ0v) is 15.3. The second-order valence-corrected chi connectivity index (χ2v) is 7.56. The number of halogens is 2. The van der Waals surface area contributed by atoms with Crippen molar-refractivity contribution in [1.29, 1.82) is 0 Å². The molecule has 1 aliphatic rings. The number of nitrogens with one attached hydrogen (secondary N) is 1. The van der Waals surface area contributed by atoms with Crippen molar-refractivity contribution >= 4 is 28.2 Å². The highest BCUT2D eigenvalue weighted by molar-refractivity contribution is 7.16. The standard InChI is InChI=1S/C19H16F2N4OS/c1-12-16(13-5-3-2-4-6-13)23-18(27-12)24-17(26)14-7-8-15(22-9-14)25-10-19(20,21)11-25/h2-9H,10-11H2,1H3,(H,23,24,26). The Balaban J connectivity index is 1.45. The van der Waals surface area contributed by atoms with Crippen LogP contribution in [0.4, 0.5) is 19.7 Å². The molecule has 8 heteroatoms. The molecule has 138 valence electrons. The molecule has 1 aliphatic heterocycles. The van der Waals surface area contributed by atoms with Gasteiger partial charge in [-0.2, -0.15) is 0 Å². The number of aromatic nitrogens is 2. The van der Waals surface area contributed by atoms with E-state index >= 15 is 0 Å². The summed E-state index contributed by atoms with van der Waals surface area (Å²) in [6.45, 7) is 1.27. The predicted octanol–water partition coefficient (Wildman–Crippen LogP) is 4.22. The van der Waals surface area contributed by atoms with Crippen LogP contribution >= 0.6 is 11.3 Å². The molecule has 0 radical (unpaired) electrons. The van der Waals surface area contributed by atoms with Gasteiger partial charge in [0, 0.05) is 16.6 Å². The van der Waals surface area contributed by atoms with Crippen LogP contribution in [0, 0.1) is 6.92 Å². The monoisotopic (exact) mass is 386 g/mol. The highest BCUT2D eigenvalue weighted by atomic mass is 32.1. The number of hydrogen-bond donors (Lipinski definition) is 1. The van der Waals surface area contributed by atoms with E-state index in [1.54, 1.807) is 12.1 Å². The van der Waals surface area contributed by atoms with E-state index in [1.807, 2.05) is 37.3 Å². The molecule has 1 amide bonds. The molecule has 0 spiro atoms. The molecule has 0 bridgehead atoms. The van der Waals surface area contributed by atoms with Crippen molar-refractivity contribution in [3.8, 4) is 11.3 Å². The summed E-state index contributed by atoms with van der Waals surface area (Å²) >= 11 is 1.40. The van der Waals surface area contributed by atoms with E-state index in [9.17, 15) is 13.6 Å². The van der Waals surface area contributed by atoms with E-state index in [2.05, 4.69) is 15.3 Å². The van der Waals surface area contributed by atoms with Crippen LogP contribution in [0.15, 0.2) is 48.7 Å². The van der Waals surface area contributed by atoms with Crippen LogP contribution in [0.3, 0.4) is 0 Å². The number of anilines is 2. The molecule has 0 saturated carbocycles. The molecule has 1 fully saturated rings. The van der Waals surface area contributed by atoms with Gasteiger partial charge in [0.2, 0.25) is 0 Å². The maximum atomic E-state index is 12.9. The smallest absolute Gasteiger partial charge is 0.282 e. The van der Waals surface area contributed by atoms with Crippen LogP contribution in [0.2, 0.25) is 0 Å². The van der Waals surface area contributed by atoms with E-state index < -0.39 is 5.92 Å². The summed E-state index contributed by atoms with van der Waals surface area (Å²) in [6.07, 6.45) is 1.39. The molecule has 4 rings (SSSR count). The van der Waals surface area contributed by atoms with Crippen molar-refractivity contribution in [3.05, 3.63) is 59.1 Å². The Bertz CT molecular complexity index is 965. The number of hydrogen-bond acceptors (Lipinski definition) is 5. The number of carbonyl (C=O) groups is 1. The largest absolute Gasteiger partial charge is 0.344 e. The molecular formula is C19H16F2N4OS. The quantitative estimate of drug-likeness (QED) is 0.729. The van der Waals surface area contributed by atoms with Gasteiger partial charge in [0.25, 0.3) is 11.8 Å². The maximum Gasteiger partial charge on any atom is 0.282 e. The first-order valence-corrected chi connectivity index (χ1v) is 9.16. The number of nitrogens with zero attached hydrogens (tertiary/aromatic N) is 3. The highest BCUT2D eigenvalue weighted by Gasteiger charge is 2.44. The Morgan fingerprint density at radius 2 is 1.93 bits per heavy atom. The summed E-state index contributed by atoms with van der Waals surface area (Å²) in [5, 5.41) is 3.28. The molecule has 5 nitrogen and oxygen atoms in total. The minimum Gasteiger partial charge on any atom is -0.344 e. The zero-order chi connectivity index (χ0) is 19.0. The van der Waals surface area contributed by atoms with Gasteiger partial charge in [-0.15, -0.1) is 11.3 Å². The molecule has 0 aliphatic carbocycles. The van der Waals surface area contributed by atoms with Crippen molar-refractivity contribution in [2.75, 3.05) is 23.3 Å². The van der Waals surface area contributed by atoms with Crippen molar-refractivity contribution in [2.45, 2.75) is 12.8 Å². The Hall–Kier alpha value is -2.87. The second-order valence-electron chi connectivity index (χ2n) is 6.36. The lowest BCUT2D eigenvalue weighted by Crippen LogP contribution is -2.56. The molecule has 3 heterocycles. The fourth-order valence-electron chi connectivity index (χ4n) is 2.86. The Morgan fingerprint density at radius 1 is 1.19 bits per heavy atom. The maximum absolute atomic E-state index is 12.9. The van der Waals surface area contributed by atoms with Crippen molar-refractivity contribution < 1.29 is 13.6 Å². The van der Waals surface area contributed by atoms with Gasteiger partial charge in [-0.25, -0.2) is 18.7 Å². The molecule has 1 aromatic carbocycles. The van der Waals surface area contributed by atoms with Gasteiger partial charge in [0.1, 0.15) is 5.82 Å². The second kappa shape index (κ2) is 6.70. The van der Waals surface area contributed by atoms with Gasteiger partial charge in [-0.3, -0.25) is 10.1 Å². The summed E-state index contributed by atoms with van der Waals surface area (Å²) in [4.78, 5) is 23.5. The number of alkyl halides is 2. The summed E-state index contributed by atoms with van der Waals surface area (Å²) in [5.41, 5.74) is 2.17. The third-order valence-corrected chi connectivity index (χ3v) is 5.13. The molecular weight excluding hydrogens is 370 g/mol. The van der Waals surface area contributed by atoms with Gasteiger partial charge < -0.3 is 4.90 Å². The average Bonchev–Trinajstić information content (AvgIpc) is 3.00. The van der Waals surface area contributed by atoms with Gasteiger partial charge in [0.05, 0.1) is 24.3 Å². The molecule has 0 atom stereocenters. The molecule has 1 N–H and O–H groups in total. The van der Waals surface area contributed by atoms with Crippen LogP contribution in [0.25, 0.3) is 11.3 Å². The number of pyridine rings is 1. The lowest BCUT2D eigenvalue weighted by molar-refractivity contribution is -0.0267. The predicted molar refractivity (Wildman–Crippen MR) is 102 cm³/mol. The van der Waals surface area contributed by atoms with Gasteiger partial charge in [-0.1, -0.05) is 30.3 Å². The first-order valence-electron chi connectivity index (χ1n) is 8.34. The highest BCUT2D eigenvalue weighted by Crippen LogP contribution is 2.31. The van der Waals surface area contributed by atoms with E-state index in [0.29, 0.717) is 16.5 Å². The number of rotatable bonds is 4. The number of carbonyl (C=O) groups excluding carboxylic acids is 1. The number of aryl methyl sites for hydroxylation is 1. The van der Waals surface area contributed by atoms with E-state index in [0.717, 1.165) is 16.1 Å². The summed E-state index contributed by atoms with van der Waals surface area (Å²) < 4.78 is 25.9. The molecule has 0 unspecified atom stereocenters. The van der Waals surface area contributed by atoms with Crippen LogP contribution in [-0.2, 0) is 0 Å². The molecule has 2 aromatic heterocycles. The summed E-state index contributed by atoms with van der Waals surface area (Å²) in [6, 6.07) is 12.9. The SMILES string of the molecule is Cc1sc(NC(=O)c2ccc(N3CC(F)(F)C3)nc2)nc1-c1ccccc1. The van der Waals surface area contributed by atoms with E-state index in [-0.39, 0.29) is 19.0 Å². The number of benzene rings is 1. The minimum atomic E-state index is -2.66. The minimum absolute atomic E-state index is 0.337. The van der Waals surface area contributed by atoms with Crippen molar-refractivity contribution in [1.82, 2.24) is 9.97 Å². The lowest BCUT2D eigenvalue weighted by Gasteiger charge is -2.39. The van der Waals surface area contributed by atoms with Crippen molar-refractivity contribution in [3.63, 3.8) is 0 Å². The third kappa shape index (κ3) is 3.66. The number of thiazole rings is 1. The molecule has 27 heavy (non-hydrogen) atoms. The van der Waals surface area contributed by atoms with Crippen LogP contribution < -0.4 is 10.2 Å². The van der Waals surface area contributed by atoms with Gasteiger partial charge >= 0.3 is 0 Å². The van der Waals surface area contributed by atoms with E-state index in [4.69, 9.17) is 0 Å². The Kier molecular flexibility index (Phi) is 4.35. The van der Waals surface area contributed by atoms with E-state index in [1.165, 1.54) is 22.4 Å². The summed E-state index contributed by atoms with van der Waals surface area (Å²) in [5.74, 6) is -2.55. The molecule has 3 aromatic rings.